The largest absolute Gasteiger partial charge is 0.378 e. The number of halogens is 2. The SMILES string of the molecule is CN1CCOCC1C(=O)N1CCN([C@@H]2C(F)CNCC2NC(=O)C(C(N)N)C2CC3(CCCCC3)CCC(F)C=N2)CC1. The quantitative estimate of drug-likeness (QED) is 0.309. The number of piperazine rings is 1. The third-order valence-corrected chi connectivity index (χ3v) is 10.6. The van der Waals surface area contributed by atoms with Crippen molar-refractivity contribution in [3.8, 4) is 0 Å². The van der Waals surface area contributed by atoms with E-state index in [1.165, 1.54) is 12.6 Å². The molecule has 43 heavy (non-hydrogen) atoms. The van der Waals surface area contributed by atoms with Crippen molar-refractivity contribution in [2.45, 2.75) is 94.0 Å². The predicted molar refractivity (Wildman–Crippen MR) is 161 cm³/mol. The molecule has 1 spiro atoms. The van der Waals surface area contributed by atoms with E-state index in [0.29, 0.717) is 65.3 Å². The number of nitrogens with one attached hydrogen (secondary N) is 2. The van der Waals surface area contributed by atoms with Gasteiger partial charge in [0, 0.05) is 52.0 Å². The Kier molecular flexibility index (Phi) is 11.0. The van der Waals surface area contributed by atoms with Gasteiger partial charge in [-0.15, -0.1) is 0 Å². The molecule has 0 radical (unpaired) electrons. The summed E-state index contributed by atoms with van der Waals surface area (Å²) in [7, 11) is 1.94. The molecule has 1 saturated carbocycles. The second-order valence-electron chi connectivity index (χ2n) is 13.5. The van der Waals surface area contributed by atoms with Gasteiger partial charge in [0.15, 0.2) is 0 Å². The molecule has 1 aliphatic carbocycles. The average molecular weight is 611 g/mol. The van der Waals surface area contributed by atoms with Crippen LogP contribution in [0, 0.1) is 11.3 Å². The van der Waals surface area contributed by atoms with Crippen molar-refractivity contribution >= 4 is 18.0 Å². The lowest BCUT2D eigenvalue weighted by Crippen LogP contribution is -2.69. The van der Waals surface area contributed by atoms with E-state index in [2.05, 4.69) is 20.5 Å². The lowest BCUT2D eigenvalue weighted by molar-refractivity contribution is -0.144. The molecule has 6 N–H and O–H groups in total. The summed E-state index contributed by atoms with van der Waals surface area (Å²) >= 11 is 0. The van der Waals surface area contributed by atoms with Gasteiger partial charge in [0.25, 0.3) is 0 Å². The number of hydrogen-bond donors (Lipinski definition) is 4. The minimum atomic E-state index is -1.21. The minimum Gasteiger partial charge on any atom is -0.378 e. The Hall–Kier alpha value is -1.77. The summed E-state index contributed by atoms with van der Waals surface area (Å²) in [5, 5.41) is 6.20. The number of carbonyl (C=O) groups is 2. The fourth-order valence-electron chi connectivity index (χ4n) is 8.07. The van der Waals surface area contributed by atoms with Gasteiger partial charge < -0.3 is 31.7 Å². The van der Waals surface area contributed by atoms with Crippen molar-refractivity contribution in [3.05, 3.63) is 0 Å². The zero-order valence-electron chi connectivity index (χ0n) is 25.6. The second-order valence-corrected chi connectivity index (χ2v) is 13.5. The fraction of sp³-hybridized carbons (Fsp3) is 0.900. The van der Waals surface area contributed by atoms with Crippen LogP contribution in [0.1, 0.15) is 51.4 Å². The zero-order valence-corrected chi connectivity index (χ0v) is 25.6. The monoisotopic (exact) mass is 610 g/mol. The van der Waals surface area contributed by atoms with Crippen LogP contribution in [0.4, 0.5) is 8.78 Å². The van der Waals surface area contributed by atoms with Gasteiger partial charge in [-0.2, -0.15) is 0 Å². The zero-order chi connectivity index (χ0) is 30.6. The van der Waals surface area contributed by atoms with Crippen LogP contribution in [0.2, 0.25) is 0 Å². The highest BCUT2D eigenvalue weighted by Crippen LogP contribution is 2.46. The number of rotatable bonds is 6. The summed E-state index contributed by atoms with van der Waals surface area (Å²) in [5.41, 5.74) is 12.4. The maximum Gasteiger partial charge on any atom is 0.242 e. The Labute approximate surface area is 254 Å². The van der Waals surface area contributed by atoms with Crippen LogP contribution in [0.25, 0.3) is 0 Å². The van der Waals surface area contributed by atoms with Gasteiger partial charge in [0.05, 0.1) is 43.4 Å². The standard InChI is InChI=1S/C30H52F2N8O3/c1-38-13-14-43-19-24(38)29(42)40-11-9-39(10-12-40)26-21(32)17-35-18-23(26)37-28(41)25(27(33)34)22-15-30(6-3-2-4-7-30)8-5-20(31)16-36-22/h16,20-27,35H,2-15,17-19,33-34H2,1H3,(H,37,41)/t20?,21?,22?,23?,24?,25?,26-/m1/s1. The number of morpholine rings is 1. The molecule has 0 aromatic heterocycles. The van der Waals surface area contributed by atoms with Crippen molar-refractivity contribution < 1.29 is 23.1 Å². The predicted octanol–water partition coefficient (Wildman–Crippen LogP) is 0.0275. The number of nitrogens with two attached hydrogens (primary N) is 2. The number of amides is 2. The first kappa shape index (κ1) is 32.6. The molecule has 3 saturated heterocycles. The van der Waals surface area contributed by atoms with E-state index in [1.54, 1.807) is 0 Å². The summed E-state index contributed by atoms with van der Waals surface area (Å²) in [5.74, 6) is -1.18. The number of likely N-dealkylation sites (N-methyl/N-ethyl adjacent to an activating group) is 1. The molecule has 7 atom stereocenters. The molecule has 4 fully saturated rings. The number of nitrogens with zero attached hydrogens (tertiary/aromatic N) is 4. The van der Waals surface area contributed by atoms with E-state index in [1.807, 2.05) is 16.8 Å². The maximum atomic E-state index is 15.6. The molecular formula is C30H52F2N8O3. The summed E-state index contributed by atoms with van der Waals surface area (Å²) in [6.45, 7) is 4.29. The molecule has 4 heterocycles. The van der Waals surface area contributed by atoms with E-state index in [4.69, 9.17) is 16.2 Å². The fourth-order valence-corrected chi connectivity index (χ4v) is 8.07. The summed E-state index contributed by atoms with van der Waals surface area (Å²) in [6, 6.07) is -1.91. The van der Waals surface area contributed by atoms with E-state index >= 15 is 4.39 Å². The third kappa shape index (κ3) is 7.73. The van der Waals surface area contributed by atoms with Crippen LogP contribution >= 0.6 is 0 Å². The molecule has 0 aromatic rings. The number of carbonyl (C=O) groups excluding carboxylic acids is 2. The van der Waals surface area contributed by atoms with Crippen molar-refractivity contribution in [3.63, 3.8) is 0 Å². The highest BCUT2D eigenvalue weighted by Gasteiger charge is 2.45. The van der Waals surface area contributed by atoms with Gasteiger partial charge in [-0.1, -0.05) is 19.3 Å². The molecule has 11 nitrogen and oxygen atoms in total. The number of alkyl halides is 2. The second kappa shape index (κ2) is 14.6. The van der Waals surface area contributed by atoms with Gasteiger partial charge in [-0.3, -0.25) is 24.4 Å². The Morgan fingerprint density at radius 3 is 2.51 bits per heavy atom. The molecule has 4 aliphatic heterocycles. The number of aliphatic imine (C=N–C) groups is 1. The van der Waals surface area contributed by atoms with Crippen LogP contribution in [0.3, 0.4) is 0 Å². The summed E-state index contributed by atoms with van der Waals surface area (Å²) in [4.78, 5) is 37.6. The summed E-state index contributed by atoms with van der Waals surface area (Å²) in [6.07, 6.45) is 5.17. The lowest BCUT2D eigenvalue weighted by Gasteiger charge is -2.47. The number of hydrogen-bond acceptors (Lipinski definition) is 9. The topological polar surface area (TPSA) is 142 Å². The Balaban J connectivity index is 1.26. The van der Waals surface area contributed by atoms with Gasteiger partial charge in [0.2, 0.25) is 11.8 Å². The first-order valence-corrected chi connectivity index (χ1v) is 16.3. The lowest BCUT2D eigenvalue weighted by atomic mass is 9.65. The first-order valence-electron chi connectivity index (χ1n) is 16.3. The Morgan fingerprint density at radius 1 is 1.07 bits per heavy atom. The maximum absolute atomic E-state index is 15.6. The number of piperidine rings is 1. The van der Waals surface area contributed by atoms with Crippen LogP contribution in [0.5, 0.6) is 0 Å². The Bertz CT molecular complexity index is 975. The van der Waals surface area contributed by atoms with Crippen molar-refractivity contribution in [2.24, 2.45) is 27.8 Å². The molecule has 0 aromatic carbocycles. The Morgan fingerprint density at radius 2 is 1.81 bits per heavy atom. The molecule has 6 unspecified atom stereocenters. The van der Waals surface area contributed by atoms with E-state index in [9.17, 15) is 14.0 Å². The molecule has 5 aliphatic rings. The van der Waals surface area contributed by atoms with Crippen LogP contribution in [-0.2, 0) is 14.3 Å². The molecular weight excluding hydrogens is 558 g/mol. The first-order chi connectivity index (χ1) is 20.7. The van der Waals surface area contributed by atoms with E-state index < -0.39 is 42.6 Å². The van der Waals surface area contributed by atoms with Crippen molar-refractivity contribution in [1.82, 2.24) is 25.3 Å². The average Bonchev–Trinajstić information content (AvgIpc) is 2.99. The van der Waals surface area contributed by atoms with Gasteiger partial charge in [-0.05, 0) is 44.6 Å². The summed E-state index contributed by atoms with van der Waals surface area (Å²) < 4.78 is 35.8. The van der Waals surface area contributed by atoms with Crippen LogP contribution < -0.4 is 22.1 Å². The normalized spacial score (nSPS) is 35.3. The number of ether oxygens (including phenoxy) is 1. The highest BCUT2D eigenvalue weighted by molar-refractivity contribution is 5.82. The van der Waals surface area contributed by atoms with Crippen molar-refractivity contribution in [2.75, 3.05) is 66.1 Å². The van der Waals surface area contributed by atoms with E-state index in [-0.39, 0.29) is 29.8 Å². The molecule has 244 valence electrons. The van der Waals surface area contributed by atoms with Crippen LogP contribution in [0.15, 0.2) is 4.99 Å². The molecule has 0 bridgehead atoms. The minimum absolute atomic E-state index is 0.0413. The van der Waals surface area contributed by atoms with Gasteiger partial charge >= 0.3 is 0 Å². The highest BCUT2D eigenvalue weighted by atomic mass is 19.1. The van der Waals surface area contributed by atoms with Crippen LogP contribution in [-0.4, -0.2) is 141 Å². The van der Waals surface area contributed by atoms with E-state index in [0.717, 1.165) is 32.1 Å². The van der Waals surface area contributed by atoms with Gasteiger partial charge in [0.1, 0.15) is 18.4 Å². The third-order valence-electron chi connectivity index (χ3n) is 10.6. The van der Waals surface area contributed by atoms with Gasteiger partial charge in [-0.25, -0.2) is 8.78 Å². The molecule has 13 heteroatoms. The molecule has 5 rings (SSSR count). The molecule has 2 amide bonds. The smallest absolute Gasteiger partial charge is 0.242 e. The van der Waals surface area contributed by atoms with Crippen molar-refractivity contribution in [1.29, 1.82) is 0 Å².